The van der Waals surface area contributed by atoms with Crippen molar-refractivity contribution in [3.8, 4) is 0 Å². The van der Waals surface area contributed by atoms with E-state index in [-0.39, 0.29) is 12.0 Å². The van der Waals surface area contributed by atoms with Gasteiger partial charge in [-0.25, -0.2) is 0 Å². The van der Waals surface area contributed by atoms with Crippen LogP contribution in [0.3, 0.4) is 0 Å². The van der Waals surface area contributed by atoms with Crippen LogP contribution in [0.5, 0.6) is 0 Å². The Labute approximate surface area is 150 Å². The summed E-state index contributed by atoms with van der Waals surface area (Å²) in [4.78, 5) is 46.8. The summed E-state index contributed by atoms with van der Waals surface area (Å²) in [5.41, 5.74) is 1.05. The van der Waals surface area contributed by atoms with Crippen molar-refractivity contribution >= 4 is 30.0 Å². The Kier molecular flexibility index (Phi) is 6.56. The van der Waals surface area contributed by atoms with E-state index in [4.69, 9.17) is 0 Å². The van der Waals surface area contributed by atoms with E-state index < -0.39 is 23.6 Å². The average Bonchev–Trinajstić information content (AvgIpc) is 2.68. The maximum Gasteiger partial charge on any atom is 0.268 e. The lowest BCUT2D eigenvalue weighted by atomic mass is 10.1. The predicted octanol–water partition coefficient (Wildman–Crippen LogP) is 1.73. The van der Waals surface area contributed by atoms with Crippen molar-refractivity contribution in [2.75, 3.05) is 0 Å². The molecular formula is C20H18N2O4. The summed E-state index contributed by atoms with van der Waals surface area (Å²) in [7, 11) is 0. The van der Waals surface area contributed by atoms with Gasteiger partial charge in [0.2, 0.25) is 5.78 Å². The molecule has 0 heterocycles. The summed E-state index contributed by atoms with van der Waals surface area (Å²) < 4.78 is 0. The number of benzene rings is 2. The quantitative estimate of drug-likeness (QED) is 0.452. The zero-order chi connectivity index (χ0) is 18.9. The largest absolute Gasteiger partial charge is 0.341 e. The molecule has 0 radical (unpaired) electrons. The molecule has 1 atom stereocenters. The zero-order valence-corrected chi connectivity index (χ0v) is 14.1. The average molecular weight is 350 g/mol. The van der Waals surface area contributed by atoms with Crippen molar-refractivity contribution in [1.82, 2.24) is 10.6 Å². The van der Waals surface area contributed by atoms with Gasteiger partial charge in [0.15, 0.2) is 6.29 Å². The summed E-state index contributed by atoms with van der Waals surface area (Å²) in [6.07, 6.45) is 1.64. The normalized spacial score (nSPS) is 12.0. The molecule has 0 aliphatic rings. The summed E-state index contributed by atoms with van der Waals surface area (Å²) in [5.74, 6) is -1.88. The minimum absolute atomic E-state index is 0.0318. The zero-order valence-electron chi connectivity index (χ0n) is 14.1. The number of carbonyl (C=O) groups is 4. The van der Waals surface area contributed by atoms with Gasteiger partial charge >= 0.3 is 0 Å². The van der Waals surface area contributed by atoms with Crippen LogP contribution in [-0.2, 0) is 14.4 Å². The van der Waals surface area contributed by atoms with Gasteiger partial charge in [-0.2, -0.15) is 0 Å². The van der Waals surface area contributed by atoms with Gasteiger partial charge < -0.3 is 10.6 Å². The molecule has 0 saturated heterocycles. The second-order valence-electron chi connectivity index (χ2n) is 5.50. The Morgan fingerprint density at radius 2 is 1.50 bits per heavy atom. The number of amides is 2. The monoisotopic (exact) mass is 350 g/mol. The first kappa shape index (κ1) is 18.8. The van der Waals surface area contributed by atoms with Crippen LogP contribution in [0.15, 0.2) is 66.4 Å². The SMILES string of the molecule is C[C@H](NC(=O)/C(=C/c1ccccc1)NC(=O)c1ccccc1)C(=O)C=O. The first-order valence-electron chi connectivity index (χ1n) is 7.94. The highest BCUT2D eigenvalue weighted by molar-refractivity contribution is 6.28. The standard InChI is InChI=1S/C20H18N2O4/c1-14(18(24)13-23)21-20(26)17(12-15-8-4-2-5-9-15)22-19(25)16-10-6-3-7-11-16/h2-14H,1H3,(H,21,26)(H,22,25)/b17-12-/t14-/m0/s1. The van der Waals surface area contributed by atoms with E-state index in [0.29, 0.717) is 11.1 Å². The fraction of sp³-hybridized carbons (Fsp3) is 0.100. The van der Waals surface area contributed by atoms with Crippen molar-refractivity contribution in [3.63, 3.8) is 0 Å². The first-order chi connectivity index (χ1) is 12.5. The van der Waals surface area contributed by atoms with Gasteiger partial charge in [-0.15, -0.1) is 0 Å². The van der Waals surface area contributed by atoms with Crippen LogP contribution in [0.1, 0.15) is 22.8 Å². The predicted molar refractivity (Wildman–Crippen MR) is 97.0 cm³/mol. The fourth-order valence-corrected chi connectivity index (χ4v) is 2.11. The number of aldehydes is 1. The molecule has 0 bridgehead atoms. The van der Waals surface area contributed by atoms with E-state index in [1.807, 2.05) is 6.07 Å². The number of hydrogen-bond donors (Lipinski definition) is 2. The Balaban J connectivity index is 2.26. The molecule has 0 fully saturated rings. The molecule has 2 amide bonds. The summed E-state index contributed by atoms with van der Waals surface area (Å²) in [6.45, 7) is 1.40. The van der Waals surface area contributed by atoms with Gasteiger partial charge in [0.05, 0.1) is 6.04 Å². The molecule has 2 N–H and O–H groups in total. The van der Waals surface area contributed by atoms with Gasteiger partial charge in [0.25, 0.3) is 11.8 Å². The molecule has 6 heteroatoms. The highest BCUT2D eigenvalue weighted by Gasteiger charge is 2.19. The molecule has 0 aromatic heterocycles. The van der Waals surface area contributed by atoms with Crippen LogP contribution < -0.4 is 10.6 Å². The first-order valence-corrected chi connectivity index (χ1v) is 7.94. The molecule has 2 aromatic carbocycles. The number of nitrogens with one attached hydrogen (secondary N) is 2. The second kappa shape index (κ2) is 9.08. The van der Waals surface area contributed by atoms with Crippen LogP contribution in [0, 0.1) is 0 Å². The van der Waals surface area contributed by atoms with Crippen LogP contribution in [0.25, 0.3) is 6.08 Å². The summed E-state index contributed by atoms with van der Waals surface area (Å²) >= 11 is 0. The number of hydrogen-bond acceptors (Lipinski definition) is 4. The van der Waals surface area contributed by atoms with Crippen molar-refractivity contribution in [3.05, 3.63) is 77.5 Å². The molecular weight excluding hydrogens is 332 g/mol. The Bertz CT molecular complexity index is 829. The van der Waals surface area contributed by atoms with E-state index in [2.05, 4.69) is 10.6 Å². The van der Waals surface area contributed by atoms with Crippen LogP contribution in [0.2, 0.25) is 0 Å². The number of carbonyl (C=O) groups excluding carboxylic acids is 4. The summed E-state index contributed by atoms with van der Waals surface area (Å²) in [6, 6.07) is 16.4. The van der Waals surface area contributed by atoms with Crippen molar-refractivity contribution in [2.24, 2.45) is 0 Å². The topological polar surface area (TPSA) is 92.3 Å². The molecule has 0 saturated carbocycles. The van der Waals surface area contributed by atoms with E-state index in [1.54, 1.807) is 54.6 Å². The van der Waals surface area contributed by atoms with Crippen LogP contribution >= 0.6 is 0 Å². The maximum atomic E-state index is 12.5. The molecule has 132 valence electrons. The molecule has 26 heavy (non-hydrogen) atoms. The lowest BCUT2D eigenvalue weighted by molar-refractivity contribution is -0.132. The third kappa shape index (κ3) is 5.24. The molecule has 0 aliphatic heterocycles. The van der Waals surface area contributed by atoms with E-state index in [9.17, 15) is 19.2 Å². The van der Waals surface area contributed by atoms with Gasteiger partial charge in [0, 0.05) is 5.56 Å². The number of ketones is 1. The lowest BCUT2D eigenvalue weighted by Gasteiger charge is -2.14. The van der Waals surface area contributed by atoms with Crippen molar-refractivity contribution < 1.29 is 19.2 Å². The third-order valence-corrected chi connectivity index (χ3v) is 3.53. The molecule has 0 unspecified atom stereocenters. The Hall–Kier alpha value is -3.54. The summed E-state index contributed by atoms with van der Waals surface area (Å²) in [5, 5.41) is 4.96. The van der Waals surface area contributed by atoms with Gasteiger partial charge in [-0.1, -0.05) is 48.5 Å². The molecule has 0 aliphatic carbocycles. The number of rotatable bonds is 7. The molecule has 2 aromatic rings. The van der Waals surface area contributed by atoms with Crippen LogP contribution in [-0.4, -0.2) is 29.9 Å². The fourth-order valence-electron chi connectivity index (χ4n) is 2.11. The van der Waals surface area contributed by atoms with Gasteiger partial charge in [-0.3, -0.25) is 19.2 Å². The lowest BCUT2D eigenvalue weighted by Crippen LogP contribution is -2.43. The number of Topliss-reactive ketones (excluding diaryl/α,β-unsaturated/α-hetero) is 1. The van der Waals surface area contributed by atoms with Crippen LogP contribution in [0.4, 0.5) is 0 Å². The van der Waals surface area contributed by atoms with Crippen molar-refractivity contribution in [2.45, 2.75) is 13.0 Å². The van der Waals surface area contributed by atoms with Gasteiger partial charge in [-0.05, 0) is 30.7 Å². The highest BCUT2D eigenvalue weighted by Crippen LogP contribution is 2.07. The second-order valence-corrected chi connectivity index (χ2v) is 5.50. The smallest absolute Gasteiger partial charge is 0.268 e. The molecule has 6 nitrogen and oxygen atoms in total. The third-order valence-electron chi connectivity index (χ3n) is 3.53. The van der Waals surface area contributed by atoms with E-state index >= 15 is 0 Å². The highest BCUT2D eigenvalue weighted by atomic mass is 16.2. The minimum atomic E-state index is -0.993. The minimum Gasteiger partial charge on any atom is -0.341 e. The Morgan fingerprint density at radius 3 is 2.08 bits per heavy atom. The van der Waals surface area contributed by atoms with Crippen molar-refractivity contribution in [1.29, 1.82) is 0 Å². The van der Waals surface area contributed by atoms with E-state index in [0.717, 1.165) is 0 Å². The Morgan fingerprint density at radius 1 is 0.923 bits per heavy atom. The molecule has 0 spiro atoms. The van der Waals surface area contributed by atoms with E-state index in [1.165, 1.54) is 13.0 Å². The van der Waals surface area contributed by atoms with Gasteiger partial charge in [0.1, 0.15) is 5.70 Å². The molecule has 2 rings (SSSR count). The maximum absolute atomic E-state index is 12.5.